The predicted octanol–water partition coefficient (Wildman–Crippen LogP) is 2.40. The number of aliphatic hydroxyl groups is 1. The van der Waals surface area contributed by atoms with Crippen molar-refractivity contribution in [2.75, 3.05) is 19.6 Å². The van der Waals surface area contributed by atoms with Crippen LogP contribution in [0.1, 0.15) is 74.1 Å². The Kier molecular flexibility index (Phi) is 7.94. The van der Waals surface area contributed by atoms with Crippen molar-refractivity contribution in [3.63, 3.8) is 0 Å². The zero-order chi connectivity index (χ0) is 28.8. The minimum absolute atomic E-state index is 0.0420. The normalized spacial score (nSPS) is 18.0. The molecule has 39 heavy (non-hydrogen) atoms. The van der Waals surface area contributed by atoms with Gasteiger partial charge < -0.3 is 25.2 Å². The van der Waals surface area contributed by atoms with E-state index in [4.69, 9.17) is 11.6 Å². The molecular formula is C27H38ClN5O5S. The average Bonchev–Trinajstić information content (AvgIpc) is 3.53. The third kappa shape index (κ3) is 5.86. The summed E-state index contributed by atoms with van der Waals surface area (Å²) in [6, 6.07) is 7.11. The van der Waals surface area contributed by atoms with Crippen LogP contribution in [0, 0.1) is 0 Å². The molecule has 4 rings (SSSR count). The summed E-state index contributed by atoms with van der Waals surface area (Å²) in [6.07, 6.45) is 1.11. The van der Waals surface area contributed by atoms with Crippen LogP contribution in [0.2, 0.25) is 5.02 Å². The highest BCUT2D eigenvalue weighted by Crippen LogP contribution is 2.50. The lowest BCUT2D eigenvalue weighted by Crippen LogP contribution is -2.57. The molecule has 1 aromatic heterocycles. The third-order valence-corrected chi connectivity index (χ3v) is 11.3. The van der Waals surface area contributed by atoms with E-state index in [0.717, 1.165) is 5.56 Å². The molecule has 0 saturated heterocycles. The van der Waals surface area contributed by atoms with E-state index in [1.54, 1.807) is 30.5 Å². The number of imidazole rings is 1. The molecule has 2 amide bonds. The topological polar surface area (TPSA) is 134 Å². The monoisotopic (exact) mass is 579 g/mol. The van der Waals surface area contributed by atoms with E-state index in [1.807, 2.05) is 32.9 Å². The van der Waals surface area contributed by atoms with Crippen LogP contribution in [0.15, 0.2) is 30.5 Å². The summed E-state index contributed by atoms with van der Waals surface area (Å²) in [4.78, 5) is 31.9. The molecule has 1 aliphatic heterocycles. The van der Waals surface area contributed by atoms with Crippen molar-refractivity contribution in [1.29, 1.82) is 0 Å². The molecule has 0 bridgehead atoms. The first-order valence-electron chi connectivity index (χ1n) is 13.1. The summed E-state index contributed by atoms with van der Waals surface area (Å²) in [6.45, 7) is 10.00. The van der Waals surface area contributed by atoms with Gasteiger partial charge in [0.05, 0.1) is 21.8 Å². The van der Waals surface area contributed by atoms with E-state index in [1.165, 1.54) is 11.1 Å². The van der Waals surface area contributed by atoms with Gasteiger partial charge in [-0.2, -0.15) is 0 Å². The Labute approximate surface area is 235 Å². The van der Waals surface area contributed by atoms with Crippen molar-refractivity contribution in [3.05, 3.63) is 52.6 Å². The van der Waals surface area contributed by atoms with E-state index in [9.17, 15) is 23.1 Å². The zero-order valence-corrected chi connectivity index (χ0v) is 24.7. The summed E-state index contributed by atoms with van der Waals surface area (Å²) < 4.78 is 26.7. The van der Waals surface area contributed by atoms with Crippen LogP contribution in [0.4, 0.5) is 0 Å². The molecule has 10 nitrogen and oxygen atoms in total. The standard InChI is InChI=1S/C27H38ClN5O5S/c1-25(2,3)31-16-21(34)26(4,5)39(37,38)27(10-11-27)17-32-12-13-33-20(24(32)36)15-29-22(33)23(35)30-14-18-6-8-19(28)9-7-18/h6-9,15,21,31,34H,10-14,16-17H2,1-5H3,(H,30,35). The maximum absolute atomic E-state index is 13.8. The van der Waals surface area contributed by atoms with Gasteiger partial charge in [0, 0.05) is 43.3 Å². The molecule has 0 spiro atoms. The van der Waals surface area contributed by atoms with E-state index < -0.39 is 31.3 Å². The molecule has 1 saturated carbocycles. The SMILES string of the molecule is CC(C)(C)NCC(O)C(C)(C)S(=O)(=O)C1(CN2CCn3c(cnc3C(=O)NCc3ccc(Cl)cc3)C2=O)CC1. The first kappa shape index (κ1) is 29.5. The Morgan fingerprint density at radius 1 is 1.15 bits per heavy atom. The number of sulfone groups is 1. The van der Waals surface area contributed by atoms with Crippen LogP contribution in [0.25, 0.3) is 0 Å². The number of carbonyl (C=O) groups excluding carboxylic acids is 2. The number of rotatable bonds is 10. The molecule has 1 unspecified atom stereocenters. The van der Waals surface area contributed by atoms with E-state index in [2.05, 4.69) is 15.6 Å². The zero-order valence-electron chi connectivity index (χ0n) is 23.1. The van der Waals surface area contributed by atoms with Crippen LogP contribution in [0.5, 0.6) is 0 Å². The van der Waals surface area contributed by atoms with Crippen molar-refractivity contribution >= 4 is 33.3 Å². The quantitative estimate of drug-likeness (QED) is 0.393. The fourth-order valence-electron chi connectivity index (χ4n) is 4.84. The van der Waals surface area contributed by atoms with E-state index in [0.29, 0.717) is 24.4 Å². The summed E-state index contributed by atoms with van der Waals surface area (Å²) >= 11 is 5.91. The van der Waals surface area contributed by atoms with Crippen molar-refractivity contribution in [2.24, 2.45) is 0 Å². The molecule has 3 N–H and O–H groups in total. The molecule has 214 valence electrons. The van der Waals surface area contributed by atoms with Crippen molar-refractivity contribution < 1.29 is 23.1 Å². The van der Waals surface area contributed by atoms with Gasteiger partial charge in [0.1, 0.15) is 5.69 Å². The van der Waals surface area contributed by atoms with Crippen LogP contribution in [-0.4, -0.2) is 80.6 Å². The first-order valence-corrected chi connectivity index (χ1v) is 15.0. The maximum Gasteiger partial charge on any atom is 0.287 e. The Bertz CT molecular complexity index is 1340. The molecule has 2 aromatic rings. The van der Waals surface area contributed by atoms with Gasteiger partial charge in [-0.25, -0.2) is 13.4 Å². The van der Waals surface area contributed by atoms with Crippen molar-refractivity contribution in [1.82, 2.24) is 25.1 Å². The van der Waals surface area contributed by atoms with Gasteiger partial charge in [-0.3, -0.25) is 9.59 Å². The summed E-state index contributed by atoms with van der Waals surface area (Å²) in [7, 11) is -3.82. The van der Waals surface area contributed by atoms with Gasteiger partial charge in [-0.15, -0.1) is 0 Å². The molecule has 0 radical (unpaired) electrons. The number of halogens is 1. The minimum Gasteiger partial charge on any atom is -0.390 e. The largest absolute Gasteiger partial charge is 0.390 e. The van der Waals surface area contributed by atoms with Gasteiger partial charge in [0.25, 0.3) is 11.8 Å². The Hall–Kier alpha value is -2.47. The third-order valence-electron chi connectivity index (χ3n) is 7.70. The van der Waals surface area contributed by atoms with Crippen LogP contribution in [-0.2, 0) is 22.9 Å². The molecule has 12 heteroatoms. The number of amides is 2. The van der Waals surface area contributed by atoms with Crippen molar-refractivity contribution in [2.45, 2.75) is 81.7 Å². The Balaban J connectivity index is 1.44. The molecular weight excluding hydrogens is 542 g/mol. The first-order chi connectivity index (χ1) is 18.1. The summed E-state index contributed by atoms with van der Waals surface area (Å²) in [5.74, 6) is -0.630. The van der Waals surface area contributed by atoms with Crippen LogP contribution < -0.4 is 10.6 Å². The van der Waals surface area contributed by atoms with Gasteiger partial charge in [-0.05, 0) is 65.2 Å². The summed E-state index contributed by atoms with van der Waals surface area (Å²) in [5.41, 5.74) is 0.853. The number of fused-ring (bicyclic) bond motifs is 1. The number of nitrogens with one attached hydrogen (secondary N) is 2. The predicted molar refractivity (Wildman–Crippen MR) is 149 cm³/mol. The van der Waals surface area contributed by atoms with Gasteiger partial charge in [0.15, 0.2) is 15.7 Å². The molecule has 1 aromatic carbocycles. The summed E-state index contributed by atoms with van der Waals surface area (Å²) in [5, 5.41) is 17.5. The number of hydrogen-bond acceptors (Lipinski definition) is 7. The fourth-order valence-corrected chi connectivity index (χ4v) is 7.49. The Morgan fingerprint density at radius 2 is 1.79 bits per heavy atom. The maximum atomic E-state index is 13.8. The highest BCUT2D eigenvalue weighted by Gasteiger charge is 2.62. The van der Waals surface area contributed by atoms with E-state index in [-0.39, 0.29) is 49.1 Å². The number of benzene rings is 1. The highest BCUT2D eigenvalue weighted by atomic mass is 35.5. The molecule has 2 heterocycles. The second-order valence-electron chi connectivity index (χ2n) is 12.1. The second-order valence-corrected chi connectivity index (χ2v) is 15.5. The molecule has 1 atom stereocenters. The fraction of sp³-hybridized carbons (Fsp3) is 0.593. The van der Waals surface area contributed by atoms with Crippen molar-refractivity contribution in [3.8, 4) is 0 Å². The Morgan fingerprint density at radius 3 is 2.38 bits per heavy atom. The smallest absolute Gasteiger partial charge is 0.287 e. The minimum atomic E-state index is -3.82. The molecule has 1 fully saturated rings. The number of carbonyl (C=O) groups is 2. The molecule has 2 aliphatic rings. The number of β-amino-alcohol motifs (C(OH)–C–C–N with tert-alkyl or cyclic N) is 1. The van der Waals surface area contributed by atoms with Gasteiger partial charge in [-0.1, -0.05) is 23.7 Å². The lowest BCUT2D eigenvalue weighted by atomic mass is 10.0. The highest BCUT2D eigenvalue weighted by molar-refractivity contribution is 7.94. The number of aromatic nitrogens is 2. The lowest BCUT2D eigenvalue weighted by molar-refractivity contribution is 0.0697. The number of hydrogen-bond donors (Lipinski definition) is 3. The number of nitrogens with zero attached hydrogens (tertiary/aromatic N) is 3. The lowest BCUT2D eigenvalue weighted by Gasteiger charge is -2.38. The average molecular weight is 580 g/mol. The van der Waals surface area contributed by atoms with E-state index >= 15 is 0 Å². The second kappa shape index (κ2) is 10.5. The van der Waals surface area contributed by atoms with Crippen LogP contribution >= 0.6 is 11.6 Å². The van der Waals surface area contributed by atoms with Gasteiger partial charge >= 0.3 is 0 Å². The molecule has 1 aliphatic carbocycles. The van der Waals surface area contributed by atoms with Gasteiger partial charge in [0.2, 0.25) is 0 Å². The number of aliphatic hydroxyl groups excluding tert-OH is 1. The van der Waals surface area contributed by atoms with Crippen LogP contribution in [0.3, 0.4) is 0 Å².